The second-order valence-corrected chi connectivity index (χ2v) is 16.1. The third kappa shape index (κ3) is 11.8. The van der Waals surface area contributed by atoms with Crippen LogP contribution in [0.4, 0.5) is 10.7 Å². The number of carboxylic acid groups (broad SMARTS) is 2. The van der Waals surface area contributed by atoms with E-state index in [9.17, 15) is 24.0 Å². The Morgan fingerprint density at radius 2 is 1.44 bits per heavy atom. The van der Waals surface area contributed by atoms with Crippen molar-refractivity contribution in [3.8, 4) is 0 Å². The average molecular weight is 815 g/mol. The monoisotopic (exact) mass is 814 g/mol. The minimum atomic E-state index is -0.983. The van der Waals surface area contributed by atoms with Crippen molar-refractivity contribution in [2.45, 2.75) is 96.7 Å². The van der Waals surface area contributed by atoms with Crippen molar-refractivity contribution in [2.24, 2.45) is 0 Å². The van der Waals surface area contributed by atoms with Crippen LogP contribution in [-0.2, 0) is 41.8 Å². The number of carbonyl (C=O) groups is 5. The molecular formula is C44H51ClN4O7S. The zero-order valence-corrected chi connectivity index (χ0v) is 34.1. The molecule has 6 rings (SSSR count). The van der Waals surface area contributed by atoms with Crippen molar-refractivity contribution in [3.63, 3.8) is 0 Å². The lowest BCUT2D eigenvalue weighted by Crippen LogP contribution is -2.43. The zero-order valence-electron chi connectivity index (χ0n) is 32.4. The van der Waals surface area contributed by atoms with Gasteiger partial charge in [-0.25, -0.2) is 4.79 Å². The van der Waals surface area contributed by atoms with Crippen LogP contribution >= 0.6 is 23.7 Å². The zero-order chi connectivity index (χ0) is 39.8. The molecule has 0 spiro atoms. The number of nitrogens with zero attached hydrogens (tertiary/aromatic N) is 2. The number of amides is 3. The summed E-state index contributed by atoms with van der Waals surface area (Å²) < 4.78 is 0. The van der Waals surface area contributed by atoms with Gasteiger partial charge in [0.1, 0.15) is 5.00 Å². The number of aryl methyl sites for hydroxylation is 3. The van der Waals surface area contributed by atoms with Crippen LogP contribution in [-0.4, -0.2) is 74.8 Å². The summed E-state index contributed by atoms with van der Waals surface area (Å²) >= 11 is 1.48. The summed E-state index contributed by atoms with van der Waals surface area (Å²) in [6.45, 7) is 5.63. The second-order valence-electron chi connectivity index (χ2n) is 15.0. The Morgan fingerprint density at radius 1 is 0.772 bits per heavy atom. The summed E-state index contributed by atoms with van der Waals surface area (Å²) in [7, 11) is 0. The number of hydrogen-bond donors (Lipinski definition) is 4. The molecule has 13 heteroatoms. The van der Waals surface area contributed by atoms with E-state index in [4.69, 9.17) is 10.2 Å². The summed E-state index contributed by atoms with van der Waals surface area (Å²) in [5.41, 5.74) is 6.06. The van der Waals surface area contributed by atoms with Crippen LogP contribution < -0.4 is 10.6 Å². The number of aromatic carboxylic acids is 1. The third-order valence-electron chi connectivity index (χ3n) is 10.5. The van der Waals surface area contributed by atoms with E-state index < -0.39 is 11.9 Å². The van der Waals surface area contributed by atoms with Crippen molar-refractivity contribution < 1.29 is 34.2 Å². The van der Waals surface area contributed by atoms with Gasteiger partial charge in [-0.2, -0.15) is 0 Å². The molecule has 4 N–H and O–H groups in total. The van der Waals surface area contributed by atoms with E-state index >= 15 is 0 Å². The molecule has 1 aromatic heterocycles. The van der Waals surface area contributed by atoms with Crippen LogP contribution in [0.5, 0.6) is 0 Å². The fraction of sp³-hybridized carbons (Fsp3) is 0.386. The molecule has 2 aliphatic carbocycles. The van der Waals surface area contributed by atoms with Gasteiger partial charge in [-0.3, -0.25) is 24.1 Å². The first-order valence-corrected chi connectivity index (χ1v) is 20.3. The fourth-order valence-corrected chi connectivity index (χ4v) is 8.54. The number of halogens is 1. The Labute approximate surface area is 343 Å². The summed E-state index contributed by atoms with van der Waals surface area (Å²) in [5, 5.41) is 24.9. The molecule has 4 aromatic rings. The smallest absolute Gasteiger partial charge is 0.335 e. The first-order chi connectivity index (χ1) is 26.9. The van der Waals surface area contributed by atoms with Crippen molar-refractivity contribution >= 4 is 64.1 Å². The first kappa shape index (κ1) is 43.1. The first-order valence-electron chi connectivity index (χ1n) is 19.5. The molecule has 0 saturated heterocycles. The largest absolute Gasteiger partial charge is 0.481 e. The Morgan fingerprint density at radius 3 is 2.07 bits per heavy atom. The van der Waals surface area contributed by atoms with Gasteiger partial charge in [-0.05, 0) is 124 Å². The molecular weight excluding hydrogens is 764 g/mol. The van der Waals surface area contributed by atoms with Gasteiger partial charge in [-0.15, -0.1) is 23.7 Å². The van der Waals surface area contributed by atoms with Crippen molar-refractivity contribution in [2.75, 3.05) is 23.7 Å². The van der Waals surface area contributed by atoms with Crippen LogP contribution in [0.2, 0.25) is 0 Å². The number of carboxylic acids is 2. The lowest BCUT2D eigenvalue weighted by atomic mass is 9.95. The van der Waals surface area contributed by atoms with E-state index in [1.54, 1.807) is 23.1 Å². The molecule has 0 atom stereocenters. The number of benzene rings is 3. The molecule has 302 valence electrons. The highest BCUT2D eigenvalue weighted by Gasteiger charge is 2.31. The number of thiophene rings is 1. The number of anilines is 2. The molecule has 1 fully saturated rings. The molecule has 2 aliphatic rings. The molecule has 1 saturated carbocycles. The molecule has 11 nitrogen and oxygen atoms in total. The predicted molar refractivity (Wildman–Crippen MR) is 225 cm³/mol. The minimum Gasteiger partial charge on any atom is -0.481 e. The number of carbonyl (C=O) groups excluding carboxylic acids is 3. The highest BCUT2D eigenvalue weighted by atomic mass is 35.5. The van der Waals surface area contributed by atoms with E-state index in [-0.39, 0.29) is 54.6 Å². The van der Waals surface area contributed by atoms with Gasteiger partial charge in [0, 0.05) is 54.3 Å². The minimum absolute atomic E-state index is 0. The number of nitrogens with one attached hydrogen (secondary N) is 2. The predicted octanol–water partition coefficient (Wildman–Crippen LogP) is 8.10. The molecule has 0 aliphatic heterocycles. The number of aliphatic carboxylic acids is 1. The fourth-order valence-electron chi connectivity index (χ4n) is 7.26. The van der Waals surface area contributed by atoms with Gasteiger partial charge in [-0.1, -0.05) is 36.4 Å². The summed E-state index contributed by atoms with van der Waals surface area (Å²) in [6, 6.07) is 22.5. The maximum absolute atomic E-state index is 13.9. The molecule has 3 amide bonds. The van der Waals surface area contributed by atoms with Gasteiger partial charge in [0.15, 0.2) is 0 Å². The Balaban J connectivity index is 0.00000620. The van der Waals surface area contributed by atoms with Crippen LogP contribution in [0.15, 0.2) is 72.8 Å². The third-order valence-corrected chi connectivity index (χ3v) is 11.7. The maximum atomic E-state index is 13.9. The van der Waals surface area contributed by atoms with Crippen molar-refractivity contribution in [1.29, 1.82) is 0 Å². The van der Waals surface area contributed by atoms with E-state index in [1.165, 1.54) is 11.3 Å². The highest BCUT2D eigenvalue weighted by Crippen LogP contribution is 2.39. The average Bonchev–Trinajstić information content (AvgIpc) is 3.97. The van der Waals surface area contributed by atoms with Gasteiger partial charge in [0.05, 0.1) is 17.5 Å². The maximum Gasteiger partial charge on any atom is 0.335 e. The van der Waals surface area contributed by atoms with Crippen molar-refractivity contribution in [3.05, 3.63) is 117 Å². The van der Waals surface area contributed by atoms with E-state index in [0.717, 1.165) is 78.5 Å². The van der Waals surface area contributed by atoms with E-state index in [1.807, 2.05) is 68.4 Å². The molecule has 0 bridgehead atoms. The van der Waals surface area contributed by atoms with Gasteiger partial charge >= 0.3 is 11.9 Å². The number of hydrogen-bond acceptors (Lipinski definition) is 7. The Kier molecular flexibility index (Phi) is 15.0. The summed E-state index contributed by atoms with van der Waals surface area (Å²) in [5.74, 6) is -2.62. The van der Waals surface area contributed by atoms with Crippen LogP contribution in [0.25, 0.3) is 0 Å². The Hall–Kier alpha value is -5.04. The lowest BCUT2D eigenvalue weighted by molar-refractivity contribution is -0.141. The van der Waals surface area contributed by atoms with Crippen LogP contribution in [0.1, 0.15) is 111 Å². The summed E-state index contributed by atoms with van der Waals surface area (Å²) in [6.07, 6.45) is 7.13. The van der Waals surface area contributed by atoms with Gasteiger partial charge in [0.25, 0.3) is 11.8 Å². The molecule has 57 heavy (non-hydrogen) atoms. The quantitative estimate of drug-likeness (QED) is 0.0786. The highest BCUT2D eigenvalue weighted by molar-refractivity contribution is 7.17. The van der Waals surface area contributed by atoms with Crippen molar-refractivity contribution in [1.82, 2.24) is 9.80 Å². The van der Waals surface area contributed by atoms with Gasteiger partial charge in [0.2, 0.25) is 5.91 Å². The van der Waals surface area contributed by atoms with E-state index in [2.05, 4.69) is 15.5 Å². The standard InChI is InChI=1S/C44H50N4O7S.ClH/c1-28(2)48(38(49)22-23-39(50)51)25-24-47(35-20-21-35)27-31-6-5-7-33(26-31)41(52)46-43-40(36-8-3-4-9-37(36)56-43)42(53)45-34-18-14-30(15-19-34)11-10-29-12-16-32(17-13-29)44(54)55;/h5-7,12-19,26,28,35H,3-4,8-11,20-25,27H2,1-2H3,(H,45,53)(H,46,52)(H,50,51)(H,54,55);1H. The van der Waals surface area contributed by atoms with Gasteiger partial charge < -0.3 is 25.7 Å². The van der Waals surface area contributed by atoms with Crippen LogP contribution in [0, 0.1) is 0 Å². The topological polar surface area (TPSA) is 156 Å². The summed E-state index contributed by atoms with van der Waals surface area (Å²) in [4.78, 5) is 67.9. The normalized spacial score (nSPS) is 13.4. The number of rotatable bonds is 18. The van der Waals surface area contributed by atoms with Crippen LogP contribution in [0.3, 0.4) is 0 Å². The molecule has 1 heterocycles. The number of fused-ring (bicyclic) bond motifs is 1. The second kappa shape index (κ2) is 19.9. The Bertz CT molecular complexity index is 2060. The molecule has 0 radical (unpaired) electrons. The lowest BCUT2D eigenvalue weighted by Gasteiger charge is -2.30. The molecule has 3 aromatic carbocycles. The molecule has 0 unspecified atom stereocenters. The SMILES string of the molecule is CC(C)N(CCN(Cc1cccc(C(=O)Nc2sc3c(c2C(=O)Nc2ccc(CCc4ccc(C(=O)O)cc4)cc2)CCCC3)c1)C1CC1)C(=O)CCC(=O)O.Cl. The van der Waals surface area contributed by atoms with E-state index in [0.29, 0.717) is 47.5 Å².